The lowest BCUT2D eigenvalue weighted by atomic mass is 9.94. The van der Waals surface area contributed by atoms with E-state index in [0.717, 1.165) is 79.7 Å². The molecule has 1 saturated carbocycles. The van der Waals surface area contributed by atoms with Crippen LogP contribution in [0.25, 0.3) is 11.0 Å². The topological polar surface area (TPSA) is 67.7 Å². The van der Waals surface area contributed by atoms with E-state index in [4.69, 9.17) is 9.72 Å². The van der Waals surface area contributed by atoms with Crippen molar-refractivity contribution in [2.24, 2.45) is 0 Å². The van der Waals surface area contributed by atoms with Gasteiger partial charge in [0, 0.05) is 30.7 Å². The molecule has 1 aliphatic carbocycles. The van der Waals surface area contributed by atoms with Crippen molar-refractivity contribution in [2.45, 2.75) is 83.2 Å². The molecule has 3 heterocycles. The van der Waals surface area contributed by atoms with Gasteiger partial charge in [0.25, 0.3) is 0 Å². The van der Waals surface area contributed by atoms with Gasteiger partial charge in [0.15, 0.2) is 0 Å². The van der Waals surface area contributed by atoms with Crippen LogP contribution in [0.3, 0.4) is 0 Å². The molecule has 0 bridgehead atoms. The number of aryl methyl sites for hydroxylation is 1. The Morgan fingerprint density at radius 1 is 1.06 bits per heavy atom. The molecule has 3 aliphatic rings. The highest BCUT2D eigenvalue weighted by Crippen LogP contribution is 2.39. The molecule has 172 valence electrons. The van der Waals surface area contributed by atoms with Gasteiger partial charge in [0.1, 0.15) is 5.82 Å². The molecule has 0 spiro atoms. The Kier molecular flexibility index (Phi) is 5.82. The van der Waals surface area contributed by atoms with Crippen LogP contribution in [0.1, 0.15) is 75.7 Å². The fourth-order valence-electron chi connectivity index (χ4n) is 5.91. The lowest BCUT2D eigenvalue weighted by Gasteiger charge is -2.34. The average Bonchev–Trinajstić information content (AvgIpc) is 3.47. The van der Waals surface area contributed by atoms with Gasteiger partial charge in [-0.15, -0.1) is 0 Å². The number of imidazole rings is 1. The first-order chi connectivity index (χ1) is 15.6. The Hall–Kier alpha value is -2.57. The summed E-state index contributed by atoms with van der Waals surface area (Å²) in [5, 5.41) is 0. The third-order valence-corrected chi connectivity index (χ3v) is 7.61. The quantitative estimate of drug-likeness (QED) is 0.702. The molecule has 0 unspecified atom stereocenters. The number of hydrogen-bond donors (Lipinski definition) is 0. The van der Waals surface area contributed by atoms with E-state index in [-0.39, 0.29) is 18.0 Å². The van der Waals surface area contributed by atoms with Crippen molar-refractivity contribution in [3.8, 4) is 0 Å². The van der Waals surface area contributed by atoms with Crippen LogP contribution < -0.4 is 4.90 Å². The highest BCUT2D eigenvalue weighted by molar-refractivity contribution is 5.95. The molecular formula is C25H34N4O3. The van der Waals surface area contributed by atoms with Crippen LogP contribution in [0, 0.1) is 0 Å². The number of carbonyl (C=O) groups is 2. The van der Waals surface area contributed by atoms with Crippen molar-refractivity contribution in [1.82, 2.24) is 14.5 Å². The molecule has 7 heteroatoms. The molecule has 2 fully saturated rings. The summed E-state index contributed by atoms with van der Waals surface area (Å²) in [6.45, 7) is 3.79. The summed E-state index contributed by atoms with van der Waals surface area (Å²) in [4.78, 5) is 34.4. The standard InChI is InChI=1S/C25H34N4O3/c1-17-10-11-19-20(28(17)25(31)32-2)12-13-21-24(19)26-22(16-23(30)27-14-6-7-15-27)29(21)18-8-4-3-5-9-18/h12-13,17-18H,3-11,14-16H2,1-2H3/t17-/m0/s1. The number of rotatable bonds is 3. The number of ether oxygens (including phenoxy) is 1. The molecule has 1 saturated heterocycles. The monoisotopic (exact) mass is 438 g/mol. The van der Waals surface area contributed by atoms with Gasteiger partial charge in [0.05, 0.1) is 30.3 Å². The molecule has 2 aliphatic heterocycles. The van der Waals surface area contributed by atoms with Gasteiger partial charge in [-0.1, -0.05) is 19.3 Å². The molecule has 2 aromatic rings. The smallest absolute Gasteiger partial charge is 0.414 e. The SMILES string of the molecule is COC(=O)N1c2ccc3c(nc(CC(=O)N4CCCC4)n3C3CCCCC3)c2CC[C@@H]1C. The summed E-state index contributed by atoms with van der Waals surface area (Å²) in [5.41, 5.74) is 4.07. The lowest BCUT2D eigenvalue weighted by Crippen LogP contribution is -2.42. The van der Waals surface area contributed by atoms with Crippen molar-refractivity contribution < 1.29 is 14.3 Å². The average molecular weight is 439 g/mol. The number of likely N-dealkylation sites (tertiary alicyclic amines) is 1. The summed E-state index contributed by atoms with van der Waals surface area (Å²) >= 11 is 0. The minimum atomic E-state index is -0.325. The zero-order valence-electron chi connectivity index (χ0n) is 19.3. The third-order valence-electron chi connectivity index (χ3n) is 7.61. The second-order valence-electron chi connectivity index (χ2n) is 9.61. The maximum absolute atomic E-state index is 13.0. The molecular weight excluding hydrogens is 404 g/mol. The van der Waals surface area contributed by atoms with Crippen LogP contribution in [-0.4, -0.2) is 52.7 Å². The Morgan fingerprint density at radius 2 is 1.81 bits per heavy atom. The zero-order valence-corrected chi connectivity index (χ0v) is 19.3. The van der Waals surface area contributed by atoms with Gasteiger partial charge < -0.3 is 14.2 Å². The van der Waals surface area contributed by atoms with Gasteiger partial charge in [-0.05, 0) is 57.6 Å². The minimum absolute atomic E-state index is 0.0871. The minimum Gasteiger partial charge on any atom is -0.452 e. The first kappa shape index (κ1) is 21.3. The molecule has 7 nitrogen and oxygen atoms in total. The van der Waals surface area contributed by atoms with E-state index in [0.29, 0.717) is 12.5 Å². The molecule has 2 amide bonds. The molecule has 0 N–H and O–H groups in total. The largest absolute Gasteiger partial charge is 0.452 e. The van der Waals surface area contributed by atoms with E-state index in [1.165, 1.54) is 26.4 Å². The van der Waals surface area contributed by atoms with E-state index in [1.54, 1.807) is 4.90 Å². The number of aromatic nitrogens is 2. The van der Waals surface area contributed by atoms with Crippen molar-refractivity contribution >= 4 is 28.7 Å². The third kappa shape index (κ3) is 3.65. The molecule has 1 aromatic carbocycles. The predicted octanol–water partition coefficient (Wildman–Crippen LogP) is 4.61. The highest BCUT2D eigenvalue weighted by atomic mass is 16.5. The summed E-state index contributed by atoms with van der Waals surface area (Å²) in [5.74, 6) is 1.08. The van der Waals surface area contributed by atoms with Crippen LogP contribution >= 0.6 is 0 Å². The Morgan fingerprint density at radius 3 is 2.53 bits per heavy atom. The van der Waals surface area contributed by atoms with E-state index in [2.05, 4.69) is 23.6 Å². The maximum Gasteiger partial charge on any atom is 0.414 e. The van der Waals surface area contributed by atoms with Crippen LogP contribution in [0.4, 0.5) is 10.5 Å². The summed E-state index contributed by atoms with van der Waals surface area (Å²) in [6, 6.07) is 4.64. The highest BCUT2D eigenvalue weighted by Gasteiger charge is 2.33. The van der Waals surface area contributed by atoms with Gasteiger partial charge >= 0.3 is 6.09 Å². The molecule has 5 rings (SSSR count). The molecule has 0 radical (unpaired) electrons. The van der Waals surface area contributed by atoms with Crippen LogP contribution in [0.2, 0.25) is 0 Å². The number of nitrogens with zero attached hydrogens (tertiary/aromatic N) is 4. The van der Waals surface area contributed by atoms with Gasteiger partial charge in [-0.25, -0.2) is 9.78 Å². The number of fused-ring (bicyclic) bond motifs is 3. The van der Waals surface area contributed by atoms with Crippen molar-refractivity contribution in [2.75, 3.05) is 25.1 Å². The van der Waals surface area contributed by atoms with Gasteiger partial charge in [-0.3, -0.25) is 9.69 Å². The number of amides is 2. The lowest BCUT2D eigenvalue weighted by molar-refractivity contribution is -0.129. The first-order valence-electron chi connectivity index (χ1n) is 12.3. The normalized spacial score (nSPS) is 21.8. The van der Waals surface area contributed by atoms with E-state index >= 15 is 0 Å². The van der Waals surface area contributed by atoms with E-state index in [1.807, 2.05) is 4.90 Å². The van der Waals surface area contributed by atoms with Crippen molar-refractivity contribution in [3.63, 3.8) is 0 Å². The predicted molar refractivity (Wildman–Crippen MR) is 124 cm³/mol. The summed E-state index contributed by atoms with van der Waals surface area (Å²) in [7, 11) is 1.43. The second-order valence-corrected chi connectivity index (χ2v) is 9.61. The Labute approximate surface area is 189 Å². The van der Waals surface area contributed by atoms with E-state index < -0.39 is 0 Å². The molecule has 1 aromatic heterocycles. The number of carbonyl (C=O) groups excluding carboxylic acids is 2. The molecule has 1 atom stereocenters. The maximum atomic E-state index is 13.0. The van der Waals surface area contributed by atoms with Crippen LogP contribution in [-0.2, 0) is 22.4 Å². The fourth-order valence-corrected chi connectivity index (χ4v) is 5.91. The second kappa shape index (κ2) is 8.75. The van der Waals surface area contributed by atoms with Crippen LogP contribution in [0.15, 0.2) is 12.1 Å². The number of benzene rings is 1. The van der Waals surface area contributed by atoms with Crippen molar-refractivity contribution in [1.29, 1.82) is 0 Å². The first-order valence-corrected chi connectivity index (χ1v) is 12.3. The number of anilines is 1. The Bertz CT molecular complexity index is 1020. The summed E-state index contributed by atoms with van der Waals surface area (Å²) in [6.07, 6.45) is 9.99. The number of methoxy groups -OCH3 is 1. The number of hydrogen-bond acceptors (Lipinski definition) is 4. The van der Waals surface area contributed by atoms with Gasteiger partial charge in [-0.2, -0.15) is 0 Å². The zero-order chi connectivity index (χ0) is 22.2. The Balaban J connectivity index is 1.60. The van der Waals surface area contributed by atoms with E-state index in [9.17, 15) is 9.59 Å². The van der Waals surface area contributed by atoms with Crippen LogP contribution in [0.5, 0.6) is 0 Å². The van der Waals surface area contributed by atoms with Gasteiger partial charge in [0.2, 0.25) is 5.91 Å². The molecule has 32 heavy (non-hydrogen) atoms. The summed E-state index contributed by atoms with van der Waals surface area (Å²) < 4.78 is 7.44. The fraction of sp³-hybridized carbons (Fsp3) is 0.640. The van der Waals surface area contributed by atoms with Crippen molar-refractivity contribution in [3.05, 3.63) is 23.5 Å².